The number of fused-ring (bicyclic) bond motifs is 1. The van der Waals surface area contributed by atoms with Gasteiger partial charge < -0.3 is 4.74 Å². The topological polar surface area (TPSA) is 29.5 Å². The molecule has 0 N–H and O–H groups in total. The number of nitrogens with zero attached hydrogens (tertiary/aromatic N) is 1. The fourth-order valence-corrected chi connectivity index (χ4v) is 2.16. The molecule has 0 unspecified atom stereocenters. The summed E-state index contributed by atoms with van der Waals surface area (Å²) in [5.74, 6) is 0. The first-order valence-corrected chi connectivity index (χ1v) is 6.17. The smallest absolute Gasteiger partial charge is 0.414 e. The second-order valence-corrected chi connectivity index (χ2v) is 5.43. The number of benzene rings is 1. The van der Waals surface area contributed by atoms with Crippen LogP contribution < -0.4 is 4.90 Å². The largest absolute Gasteiger partial charge is 0.443 e. The van der Waals surface area contributed by atoms with Crippen LogP contribution in [-0.2, 0) is 11.2 Å². The Morgan fingerprint density at radius 2 is 2.17 bits per heavy atom. The second kappa shape index (κ2) is 4.48. The summed E-state index contributed by atoms with van der Waals surface area (Å²) in [4.78, 5) is 13.8. The lowest BCUT2D eigenvalue weighted by Gasteiger charge is -2.24. The lowest BCUT2D eigenvalue weighted by molar-refractivity contribution is 0.0584. The predicted octanol–water partition coefficient (Wildman–Crippen LogP) is 3.63. The van der Waals surface area contributed by atoms with E-state index in [0.717, 1.165) is 17.7 Å². The lowest BCUT2D eigenvalue weighted by atomic mass is 10.1. The van der Waals surface area contributed by atoms with E-state index in [1.807, 2.05) is 45.0 Å². The van der Waals surface area contributed by atoms with Gasteiger partial charge in [-0.1, -0.05) is 24.8 Å². The van der Waals surface area contributed by atoms with Gasteiger partial charge in [0.25, 0.3) is 0 Å². The van der Waals surface area contributed by atoms with Crippen molar-refractivity contribution in [2.24, 2.45) is 0 Å². The lowest BCUT2D eigenvalue weighted by Crippen LogP contribution is -2.35. The zero-order valence-corrected chi connectivity index (χ0v) is 11.2. The third-order valence-corrected chi connectivity index (χ3v) is 2.90. The number of amides is 1. The maximum Gasteiger partial charge on any atom is 0.414 e. The van der Waals surface area contributed by atoms with Crippen LogP contribution in [0.5, 0.6) is 0 Å². The van der Waals surface area contributed by atoms with E-state index in [1.54, 1.807) is 4.90 Å². The van der Waals surface area contributed by atoms with Gasteiger partial charge in [-0.3, -0.25) is 4.90 Å². The summed E-state index contributed by atoms with van der Waals surface area (Å²) in [5, 5.41) is 0. The predicted molar refractivity (Wildman–Crippen MR) is 73.8 cm³/mol. The highest BCUT2D eigenvalue weighted by Crippen LogP contribution is 2.32. The van der Waals surface area contributed by atoms with Crippen LogP contribution in [0, 0.1) is 0 Å². The van der Waals surface area contributed by atoms with Crippen LogP contribution in [0.2, 0.25) is 0 Å². The zero-order valence-electron chi connectivity index (χ0n) is 11.2. The van der Waals surface area contributed by atoms with Gasteiger partial charge in [0, 0.05) is 6.54 Å². The first-order valence-electron chi connectivity index (χ1n) is 6.17. The number of rotatable bonds is 1. The highest BCUT2D eigenvalue weighted by Gasteiger charge is 2.29. The molecule has 0 saturated carbocycles. The first kappa shape index (κ1) is 12.7. The third kappa shape index (κ3) is 2.40. The Bertz CT molecular complexity index is 486. The van der Waals surface area contributed by atoms with Gasteiger partial charge in [0.2, 0.25) is 0 Å². The van der Waals surface area contributed by atoms with Crippen molar-refractivity contribution in [3.8, 4) is 0 Å². The summed E-state index contributed by atoms with van der Waals surface area (Å²) in [7, 11) is 0. The summed E-state index contributed by atoms with van der Waals surface area (Å²) in [6, 6.07) is 5.92. The molecule has 18 heavy (non-hydrogen) atoms. The molecule has 96 valence electrons. The second-order valence-electron chi connectivity index (χ2n) is 5.43. The van der Waals surface area contributed by atoms with Gasteiger partial charge in [0.1, 0.15) is 5.60 Å². The molecule has 0 atom stereocenters. The highest BCUT2D eigenvalue weighted by atomic mass is 16.6. The van der Waals surface area contributed by atoms with Crippen LogP contribution in [-0.4, -0.2) is 18.2 Å². The number of hydrogen-bond acceptors (Lipinski definition) is 2. The molecule has 0 saturated heterocycles. The fourth-order valence-electron chi connectivity index (χ4n) is 2.16. The van der Waals surface area contributed by atoms with Crippen molar-refractivity contribution in [2.45, 2.75) is 32.8 Å². The molecule has 0 fully saturated rings. The van der Waals surface area contributed by atoms with Crippen molar-refractivity contribution in [3.05, 3.63) is 35.9 Å². The molecular weight excluding hydrogens is 226 g/mol. The summed E-state index contributed by atoms with van der Waals surface area (Å²) in [5.41, 5.74) is 2.76. The van der Waals surface area contributed by atoms with Crippen molar-refractivity contribution in [1.82, 2.24) is 0 Å². The minimum atomic E-state index is -0.462. The van der Waals surface area contributed by atoms with Crippen LogP contribution in [0.25, 0.3) is 6.08 Å². The molecule has 3 heteroatoms. The molecule has 1 amide bonds. The molecule has 1 aromatic rings. The Balaban J connectivity index is 2.27. The van der Waals surface area contributed by atoms with E-state index in [1.165, 1.54) is 5.56 Å². The molecule has 0 aliphatic carbocycles. The molecule has 1 aromatic carbocycles. The van der Waals surface area contributed by atoms with Gasteiger partial charge in [-0.25, -0.2) is 4.79 Å². The van der Waals surface area contributed by atoms with Crippen molar-refractivity contribution >= 4 is 17.9 Å². The van der Waals surface area contributed by atoms with Gasteiger partial charge in [0.15, 0.2) is 0 Å². The summed E-state index contributed by atoms with van der Waals surface area (Å²) < 4.78 is 5.41. The SMILES string of the molecule is C=Cc1cccc2c1CCN2C(=O)OC(C)(C)C. The summed E-state index contributed by atoms with van der Waals surface area (Å²) in [6.45, 7) is 10.1. The molecular formula is C15H19NO2. The molecule has 0 radical (unpaired) electrons. The van der Waals surface area contributed by atoms with Crippen molar-refractivity contribution in [1.29, 1.82) is 0 Å². The number of carbonyl (C=O) groups excluding carboxylic acids is 1. The maximum atomic E-state index is 12.1. The molecule has 3 nitrogen and oxygen atoms in total. The molecule has 0 spiro atoms. The van der Waals surface area contributed by atoms with Crippen molar-refractivity contribution in [2.75, 3.05) is 11.4 Å². The van der Waals surface area contributed by atoms with Crippen LogP contribution in [0.1, 0.15) is 31.9 Å². The van der Waals surface area contributed by atoms with Crippen LogP contribution >= 0.6 is 0 Å². The van der Waals surface area contributed by atoms with Gasteiger partial charge in [-0.2, -0.15) is 0 Å². The Morgan fingerprint density at radius 3 is 2.78 bits per heavy atom. The van der Waals surface area contributed by atoms with Gasteiger partial charge in [0.05, 0.1) is 5.69 Å². The monoisotopic (exact) mass is 245 g/mol. The highest BCUT2D eigenvalue weighted by molar-refractivity contribution is 5.91. The van der Waals surface area contributed by atoms with Crippen LogP contribution in [0.15, 0.2) is 24.8 Å². The number of ether oxygens (including phenoxy) is 1. The average Bonchev–Trinajstić information content (AvgIpc) is 2.69. The molecule has 0 bridgehead atoms. The Morgan fingerprint density at radius 1 is 1.44 bits per heavy atom. The zero-order chi connectivity index (χ0) is 13.3. The van der Waals surface area contributed by atoms with Gasteiger partial charge >= 0.3 is 6.09 Å². The number of carbonyl (C=O) groups is 1. The van der Waals surface area contributed by atoms with E-state index in [2.05, 4.69) is 6.58 Å². The molecule has 1 aliphatic rings. The van der Waals surface area contributed by atoms with E-state index < -0.39 is 5.60 Å². The quantitative estimate of drug-likeness (QED) is 0.756. The van der Waals surface area contributed by atoms with Gasteiger partial charge in [-0.15, -0.1) is 0 Å². The number of hydrogen-bond donors (Lipinski definition) is 0. The van der Waals surface area contributed by atoms with Gasteiger partial charge in [-0.05, 0) is 44.4 Å². The Labute approximate surface area is 108 Å². The fraction of sp³-hybridized carbons (Fsp3) is 0.400. The molecule has 1 heterocycles. The van der Waals surface area contributed by atoms with E-state index in [-0.39, 0.29) is 6.09 Å². The Hall–Kier alpha value is -1.77. The molecule has 0 aromatic heterocycles. The first-order chi connectivity index (χ1) is 8.42. The minimum Gasteiger partial charge on any atom is -0.443 e. The third-order valence-electron chi connectivity index (χ3n) is 2.90. The van der Waals surface area contributed by atoms with Crippen molar-refractivity contribution in [3.63, 3.8) is 0 Å². The van der Waals surface area contributed by atoms with E-state index in [4.69, 9.17) is 4.74 Å². The Kier molecular flexibility index (Phi) is 3.16. The van der Waals surface area contributed by atoms with E-state index >= 15 is 0 Å². The maximum absolute atomic E-state index is 12.1. The average molecular weight is 245 g/mol. The van der Waals surface area contributed by atoms with E-state index in [9.17, 15) is 4.79 Å². The normalized spacial score (nSPS) is 14.3. The van der Waals surface area contributed by atoms with Crippen LogP contribution in [0.4, 0.5) is 10.5 Å². The standard InChI is InChI=1S/C15H19NO2/c1-5-11-7-6-8-13-12(11)9-10-16(13)14(17)18-15(2,3)4/h5-8H,1,9-10H2,2-4H3. The summed E-state index contributed by atoms with van der Waals surface area (Å²) in [6.07, 6.45) is 2.41. The summed E-state index contributed by atoms with van der Waals surface area (Å²) >= 11 is 0. The molecule has 1 aliphatic heterocycles. The molecule has 2 rings (SSSR count). The van der Waals surface area contributed by atoms with Crippen LogP contribution in [0.3, 0.4) is 0 Å². The number of anilines is 1. The van der Waals surface area contributed by atoms with E-state index in [0.29, 0.717) is 6.54 Å². The van der Waals surface area contributed by atoms with Crippen molar-refractivity contribution < 1.29 is 9.53 Å². The minimum absolute atomic E-state index is 0.275.